The van der Waals surface area contributed by atoms with E-state index in [0.717, 1.165) is 32.2 Å². The van der Waals surface area contributed by atoms with Gasteiger partial charge < -0.3 is 15.2 Å². The number of fused-ring (bicyclic) bond motifs is 2. The summed E-state index contributed by atoms with van der Waals surface area (Å²) >= 11 is 0. The SMILES string of the molecule is CCC(C)(CC)C(=O)NC1C[C@@H]2c3cccc4[nH]c(C)c(c34)C[C@H]2N(C)C1. The van der Waals surface area contributed by atoms with E-state index < -0.39 is 0 Å². The van der Waals surface area contributed by atoms with Crippen LogP contribution in [-0.2, 0) is 11.2 Å². The molecule has 1 aromatic carbocycles. The zero-order valence-electron chi connectivity index (χ0n) is 17.4. The lowest BCUT2D eigenvalue weighted by molar-refractivity contribution is -0.131. The molecule has 1 aliphatic heterocycles. The molecule has 4 rings (SSSR count). The minimum Gasteiger partial charge on any atom is -0.358 e. The normalized spacial score (nSPS) is 25.4. The fourth-order valence-electron chi connectivity index (χ4n) is 5.25. The number of aryl methyl sites for hydroxylation is 1. The monoisotopic (exact) mass is 367 g/mol. The van der Waals surface area contributed by atoms with Gasteiger partial charge in [0.25, 0.3) is 0 Å². The molecule has 2 N–H and O–H groups in total. The number of piperidine rings is 1. The highest BCUT2D eigenvalue weighted by Gasteiger charge is 2.41. The zero-order chi connectivity index (χ0) is 19.3. The number of likely N-dealkylation sites (N-methyl/N-ethyl adjacent to an activating group) is 1. The van der Waals surface area contributed by atoms with E-state index in [1.807, 2.05) is 0 Å². The Morgan fingerprint density at radius 1 is 1.33 bits per heavy atom. The van der Waals surface area contributed by atoms with Gasteiger partial charge in [-0.2, -0.15) is 0 Å². The summed E-state index contributed by atoms with van der Waals surface area (Å²) in [5.74, 6) is 0.700. The largest absolute Gasteiger partial charge is 0.358 e. The Hall–Kier alpha value is -1.81. The molecular formula is C23H33N3O. The summed E-state index contributed by atoms with van der Waals surface area (Å²) in [4.78, 5) is 19.0. The smallest absolute Gasteiger partial charge is 0.226 e. The molecule has 1 amide bonds. The molecule has 1 unspecified atom stereocenters. The van der Waals surface area contributed by atoms with Crippen molar-refractivity contribution in [2.75, 3.05) is 13.6 Å². The Labute approximate surface area is 162 Å². The molecule has 0 bridgehead atoms. The first kappa shape index (κ1) is 18.5. The number of carbonyl (C=O) groups excluding carboxylic acids is 1. The van der Waals surface area contributed by atoms with Crippen molar-refractivity contribution >= 4 is 16.8 Å². The van der Waals surface area contributed by atoms with Crippen LogP contribution in [0, 0.1) is 12.3 Å². The molecule has 2 aromatic rings. The molecule has 146 valence electrons. The molecule has 0 saturated carbocycles. The van der Waals surface area contributed by atoms with E-state index >= 15 is 0 Å². The minimum atomic E-state index is -0.257. The number of likely N-dealkylation sites (tertiary alicyclic amines) is 1. The van der Waals surface area contributed by atoms with Crippen molar-refractivity contribution in [2.24, 2.45) is 5.41 Å². The van der Waals surface area contributed by atoms with Crippen molar-refractivity contribution in [3.05, 3.63) is 35.0 Å². The Morgan fingerprint density at radius 3 is 2.78 bits per heavy atom. The Morgan fingerprint density at radius 2 is 2.07 bits per heavy atom. The number of nitrogens with zero attached hydrogens (tertiary/aromatic N) is 1. The van der Waals surface area contributed by atoms with Gasteiger partial charge in [0.15, 0.2) is 0 Å². The lowest BCUT2D eigenvalue weighted by Crippen LogP contribution is -2.56. The van der Waals surface area contributed by atoms with Gasteiger partial charge in [-0.25, -0.2) is 0 Å². The standard InChI is InChI=1S/C23H33N3O/c1-6-23(4,7-2)22(27)25-15-11-18-16-9-8-10-19-21(16)17(14(3)24-19)12-20(18)26(5)13-15/h8-10,15,18,20,24H,6-7,11-13H2,1-5H3,(H,25,27)/t15?,18-,20-/m1/s1. The van der Waals surface area contributed by atoms with Crippen LogP contribution in [0.1, 0.15) is 62.8 Å². The van der Waals surface area contributed by atoms with Gasteiger partial charge >= 0.3 is 0 Å². The number of hydrogen-bond acceptors (Lipinski definition) is 2. The lowest BCUT2D eigenvalue weighted by atomic mass is 9.73. The number of hydrogen-bond donors (Lipinski definition) is 2. The van der Waals surface area contributed by atoms with Crippen molar-refractivity contribution in [1.82, 2.24) is 15.2 Å². The molecule has 2 heterocycles. The average molecular weight is 368 g/mol. The van der Waals surface area contributed by atoms with E-state index in [1.165, 1.54) is 27.7 Å². The van der Waals surface area contributed by atoms with Crippen molar-refractivity contribution in [1.29, 1.82) is 0 Å². The second-order valence-electron chi connectivity index (χ2n) is 8.99. The van der Waals surface area contributed by atoms with Crippen molar-refractivity contribution in [3.63, 3.8) is 0 Å². The van der Waals surface area contributed by atoms with E-state index in [0.29, 0.717) is 12.0 Å². The number of amides is 1. The fraction of sp³-hybridized carbons (Fsp3) is 0.609. The maximum Gasteiger partial charge on any atom is 0.226 e. The van der Waals surface area contributed by atoms with Crippen LogP contribution in [0.4, 0.5) is 0 Å². The first-order chi connectivity index (χ1) is 12.9. The third-order valence-electron chi connectivity index (χ3n) is 7.51. The van der Waals surface area contributed by atoms with Crippen molar-refractivity contribution < 1.29 is 4.79 Å². The third kappa shape index (κ3) is 2.89. The topological polar surface area (TPSA) is 48.1 Å². The summed E-state index contributed by atoms with van der Waals surface area (Å²) in [6.07, 6.45) is 3.91. The van der Waals surface area contributed by atoms with E-state index in [4.69, 9.17) is 0 Å². The van der Waals surface area contributed by atoms with Crippen LogP contribution in [0.15, 0.2) is 18.2 Å². The van der Waals surface area contributed by atoms with Crippen LogP contribution in [0.3, 0.4) is 0 Å². The second-order valence-corrected chi connectivity index (χ2v) is 8.99. The number of H-pyrrole nitrogens is 1. The highest BCUT2D eigenvalue weighted by Crippen LogP contribution is 2.44. The molecule has 1 fully saturated rings. The lowest BCUT2D eigenvalue weighted by Gasteiger charge is -2.46. The van der Waals surface area contributed by atoms with Crippen molar-refractivity contribution in [2.45, 2.75) is 71.4 Å². The first-order valence-electron chi connectivity index (χ1n) is 10.5. The summed E-state index contributed by atoms with van der Waals surface area (Å²) in [6, 6.07) is 7.41. The van der Waals surface area contributed by atoms with Gasteiger partial charge in [-0.3, -0.25) is 4.79 Å². The maximum absolute atomic E-state index is 12.9. The van der Waals surface area contributed by atoms with Gasteiger partial charge in [0.05, 0.1) is 0 Å². The Kier molecular flexibility index (Phi) is 4.58. The van der Waals surface area contributed by atoms with E-state index in [1.54, 1.807) is 0 Å². The van der Waals surface area contributed by atoms with Crippen LogP contribution >= 0.6 is 0 Å². The van der Waals surface area contributed by atoms with Gasteiger partial charge in [-0.15, -0.1) is 0 Å². The van der Waals surface area contributed by atoms with E-state index in [2.05, 4.69) is 68.1 Å². The number of benzene rings is 1. The van der Waals surface area contributed by atoms with E-state index in [-0.39, 0.29) is 17.4 Å². The summed E-state index contributed by atoms with van der Waals surface area (Å²) in [5.41, 5.74) is 5.26. The Bertz CT molecular complexity index is 864. The average Bonchev–Trinajstić information content (AvgIpc) is 2.98. The third-order valence-corrected chi connectivity index (χ3v) is 7.51. The minimum absolute atomic E-state index is 0.219. The summed E-state index contributed by atoms with van der Waals surface area (Å²) in [5, 5.41) is 4.83. The molecule has 1 saturated heterocycles. The van der Waals surface area contributed by atoms with Crippen LogP contribution in [0.2, 0.25) is 0 Å². The highest BCUT2D eigenvalue weighted by atomic mass is 16.2. The quantitative estimate of drug-likeness (QED) is 0.853. The molecule has 1 aliphatic carbocycles. The number of nitrogens with one attached hydrogen (secondary N) is 2. The van der Waals surface area contributed by atoms with Gasteiger partial charge in [-0.1, -0.05) is 32.9 Å². The summed E-state index contributed by atoms with van der Waals surface area (Å²) in [6.45, 7) is 9.45. The van der Waals surface area contributed by atoms with Crippen LogP contribution < -0.4 is 5.32 Å². The molecule has 4 nitrogen and oxygen atoms in total. The molecule has 2 aliphatic rings. The van der Waals surface area contributed by atoms with Crippen LogP contribution in [0.25, 0.3) is 10.9 Å². The maximum atomic E-state index is 12.9. The predicted octanol–water partition coefficient (Wildman–Crippen LogP) is 4.13. The van der Waals surface area contributed by atoms with Crippen LogP contribution in [-0.4, -0.2) is 41.5 Å². The number of rotatable bonds is 4. The van der Waals surface area contributed by atoms with Gasteiger partial charge in [-0.05, 0) is 56.8 Å². The van der Waals surface area contributed by atoms with Crippen LogP contribution in [0.5, 0.6) is 0 Å². The molecule has 27 heavy (non-hydrogen) atoms. The molecule has 1 aromatic heterocycles. The summed E-state index contributed by atoms with van der Waals surface area (Å²) in [7, 11) is 2.22. The second kappa shape index (κ2) is 6.66. The summed E-state index contributed by atoms with van der Waals surface area (Å²) < 4.78 is 0. The molecule has 0 radical (unpaired) electrons. The predicted molar refractivity (Wildman–Crippen MR) is 111 cm³/mol. The molecule has 0 spiro atoms. The highest BCUT2D eigenvalue weighted by molar-refractivity contribution is 5.89. The Balaban J connectivity index is 1.63. The molecule has 4 heteroatoms. The first-order valence-corrected chi connectivity index (χ1v) is 10.5. The number of carbonyl (C=O) groups is 1. The fourth-order valence-corrected chi connectivity index (χ4v) is 5.25. The van der Waals surface area contributed by atoms with Gasteiger partial charge in [0.2, 0.25) is 5.91 Å². The van der Waals surface area contributed by atoms with Crippen molar-refractivity contribution in [3.8, 4) is 0 Å². The van der Waals surface area contributed by atoms with E-state index in [9.17, 15) is 4.79 Å². The number of aromatic nitrogens is 1. The number of aromatic amines is 1. The molecular weight excluding hydrogens is 334 g/mol. The zero-order valence-corrected chi connectivity index (χ0v) is 17.4. The van der Waals surface area contributed by atoms with Gasteiger partial charge in [0.1, 0.15) is 0 Å². The van der Waals surface area contributed by atoms with Gasteiger partial charge in [0, 0.05) is 46.6 Å². The molecule has 3 atom stereocenters.